The van der Waals surface area contributed by atoms with Gasteiger partial charge in [-0.2, -0.15) is 0 Å². The fraction of sp³-hybridized carbons (Fsp3) is 0.222. The van der Waals surface area contributed by atoms with E-state index in [1.165, 1.54) is 24.3 Å². The second kappa shape index (κ2) is 7.45. The number of aromatic carboxylic acids is 1. The van der Waals surface area contributed by atoms with Crippen LogP contribution in [0.25, 0.3) is 0 Å². The predicted octanol–water partition coefficient (Wildman–Crippen LogP) is 3.78. The number of hydrogen-bond acceptors (Lipinski definition) is 4. The molecule has 0 spiro atoms. The molecule has 1 N–H and O–H groups in total. The summed E-state index contributed by atoms with van der Waals surface area (Å²) in [6.45, 7) is 4.00. The molecule has 23 heavy (non-hydrogen) atoms. The molecule has 0 aliphatic rings. The Morgan fingerprint density at radius 2 is 1.74 bits per heavy atom. The van der Waals surface area contributed by atoms with Crippen molar-refractivity contribution in [3.63, 3.8) is 0 Å². The highest BCUT2D eigenvalue weighted by molar-refractivity contribution is 5.92. The van der Waals surface area contributed by atoms with E-state index in [1.54, 1.807) is 24.3 Å². The second-order valence-electron chi connectivity index (χ2n) is 5.08. The lowest BCUT2D eigenvalue weighted by Crippen LogP contribution is -2.11. The lowest BCUT2D eigenvalue weighted by atomic mass is 10.2. The number of carbonyl (C=O) groups excluding carboxylic acids is 1. The van der Waals surface area contributed by atoms with E-state index in [9.17, 15) is 9.59 Å². The van der Waals surface area contributed by atoms with Crippen molar-refractivity contribution < 1.29 is 24.2 Å². The molecule has 120 valence electrons. The van der Waals surface area contributed by atoms with E-state index in [4.69, 9.17) is 14.6 Å². The maximum absolute atomic E-state index is 12.1. The van der Waals surface area contributed by atoms with Crippen LogP contribution in [0.3, 0.4) is 0 Å². The number of rotatable bonds is 6. The Hall–Kier alpha value is -2.82. The summed E-state index contributed by atoms with van der Waals surface area (Å²) >= 11 is 0. The molecule has 0 heterocycles. The number of ether oxygens (including phenoxy) is 2. The molecule has 2 rings (SSSR count). The van der Waals surface area contributed by atoms with E-state index in [-0.39, 0.29) is 17.4 Å². The smallest absolute Gasteiger partial charge is 0.343 e. The Labute approximate surface area is 134 Å². The van der Waals surface area contributed by atoms with Crippen LogP contribution in [0.4, 0.5) is 0 Å². The number of esters is 1. The molecule has 0 saturated heterocycles. The van der Waals surface area contributed by atoms with E-state index >= 15 is 0 Å². The van der Waals surface area contributed by atoms with Gasteiger partial charge in [-0.15, -0.1) is 0 Å². The van der Waals surface area contributed by atoms with Gasteiger partial charge < -0.3 is 14.6 Å². The van der Waals surface area contributed by atoms with Gasteiger partial charge in [-0.25, -0.2) is 9.59 Å². The van der Waals surface area contributed by atoms with Gasteiger partial charge >= 0.3 is 11.9 Å². The van der Waals surface area contributed by atoms with Crippen LogP contribution in [0.2, 0.25) is 0 Å². The van der Waals surface area contributed by atoms with Crippen molar-refractivity contribution in [2.75, 3.05) is 0 Å². The Morgan fingerprint density at radius 3 is 2.35 bits per heavy atom. The number of benzene rings is 2. The Morgan fingerprint density at radius 1 is 1.04 bits per heavy atom. The first-order valence-electron chi connectivity index (χ1n) is 7.32. The monoisotopic (exact) mass is 314 g/mol. The largest absolute Gasteiger partial charge is 0.491 e. The fourth-order valence-corrected chi connectivity index (χ4v) is 1.84. The Bertz CT molecular complexity index is 691. The zero-order chi connectivity index (χ0) is 16.8. The third-order valence-electron chi connectivity index (χ3n) is 3.29. The number of hydrogen-bond donors (Lipinski definition) is 1. The quantitative estimate of drug-likeness (QED) is 0.649. The summed E-state index contributed by atoms with van der Waals surface area (Å²) in [5, 5.41) is 8.93. The van der Waals surface area contributed by atoms with Crippen LogP contribution in [-0.4, -0.2) is 23.1 Å². The fourth-order valence-electron chi connectivity index (χ4n) is 1.84. The first-order chi connectivity index (χ1) is 11.0. The van der Waals surface area contributed by atoms with E-state index in [1.807, 2.05) is 13.8 Å². The van der Waals surface area contributed by atoms with Crippen LogP contribution >= 0.6 is 0 Å². The summed E-state index contributed by atoms with van der Waals surface area (Å²) in [6, 6.07) is 12.4. The topological polar surface area (TPSA) is 72.8 Å². The van der Waals surface area contributed by atoms with Crippen LogP contribution in [0.1, 0.15) is 41.0 Å². The highest BCUT2D eigenvalue weighted by atomic mass is 16.5. The van der Waals surface area contributed by atoms with Gasteiger partial charge in [0, 0.05) is 0 Å². The van der Waals surface area contributed by atoms with E-state index < -0.39 is 11.9 Å². The van der Waals surface area contributed by atoms with Crippen LogP contribution in [-0.2, 0) is 0 Å². The van der Waals surface area contributed by atoms with Crippen LogP contribution in [0, 0.1) is 0 Å². The van der Waals surface area contributed by atoms with E-state index in [0.717, 1.165) is 6.42 Å². The molecule has 0 saturated carbocycles. The second-order valence-corrected chi connectivity index (χ2v) is 5.08. The van der Waals surface area contributed by atoms with Crippen molar-refractivity contribution in [2.24, 2.45) is 0 Å². The van der Waals surface area contributed by atoms with Gasteiger partial charge in [0.2, 0.25) is 0 Å². The molecule has 0 radical (unpaired) electrons. The average Bonchev–Trinajstić information content (AvgIpc) is 2.55. The zero-order valence-corrected chi connectivity index (χ0v) is 13.0. The van der Waals surface area contributed by atoms with Crippen molar-refractivity contribution in [3.05, 3.63) is 59.7 Å². The summed E-state index contributed by atoms with van der Waals surface area (Å²) in [7, 11) is 0. The van der Waals surface area contributed by atoms with Crippen molar-refractivity contribution in [1.29, 1.82) is 0 Å². The van der Waals surface area contributed by atoms with Gasteiger partial charge in [0.15, 0.2) is 0 Å². The van der Waals surface area contributed by atoms with Crippen LogP contribution in [0.5, 0.6) is 11.5 Å². The van der Waals surface area contributed by atoms with Crippen molar-refractivity contribution in [2.45, 2.75) is 26.4 Å². The minimum Gasteiger partial charge on any atom is -0.491 e. The molecule has 1 atom stereocenters. The molecule has 0 aromatic heterocycles. The standard InChI is InChI=1S/C18H18O5/c1-3-12(2)22-15-9-7-13(8-10-15)18(21)23-16-6-4-5-14(11-16)17(19)20/h4-12H,3H2,1-2H3,(H,19,20). The van der Waals surface area contributed by atoms with E-state index in [2.05, 4.69) is 0 Å². The molecule has 0 aliphatic carbocycles. The van der Waals surface area contributed by atoms with Gasteiger partial charge in [-0.1, -0.05) is 13.0 Å². The lowest BCUT2D eigenvalue weighted by Gasteiger charge is -2.12. The normalized spacial score (nSPS) is 11.6. The molecule has 1 unspecified atom stereocenters. The highest BCUT2D eigenvalue weighted by Gasteiger charge is 2.11. The minimum absolute atomic E-state index is 0.0626. The molecule has 2 aromatic rings. The van der Waals surface area contributed by atoms with E-state index in [0.29, 0.717) is 11.3 Å². The molecule has 0 bridgehead atoms. The van der Waals surface area contributed by atoms with Gasteiger partial charge in [-0.05, 0) is 55.8 Å². The summed E-state index contributed by atoms with van der Waals surface area (Å²) in [6.07, 6.45) is 0.996. The Kier molecular flexibility index (Phi) is 5.36. The number of carboxylic acid groups (broad SMARTS) is 1. The molecule has 0 fully saturated rings. The lowest BCUT2D eigenvalue weighted by molar-refractivity contribution is 0.0687. The first-order valence-corrected chi connectivity index (χ1v) is 7.32. The molecule has 0 amide bonds. The molecule has 5 heteroatoms. The SMILES string of the molecule is CCC(C)Oc1ccc(C(=O)Oc2cccc(C(=O)O)c2)cc1. The van der Waals surface area contributed by atoms with Crippen molar-refractivity contribution >= 4 is 11.9 Å². The van der Waals surface area contributed by atoms with Gasteiger partial charge in [-0.3, -0.25) is 0 Å². The maximum atomic E-state index is 12.1. The molecule has 5 nitrogen and oxygen atoms in total. The molecule has 0 aliphatic heterocycles. The Balaban J connectivity index is 2.06. The highest BCUT2D eigenvalue weighted by Crippen LogP contribution is 2.18. The summed E-state index contributed by atoms with van der Waals surface area (Å²) in [4.78, 5) is 23.0. The zero-order valence-electron chi connectivity index (χ0n) is 13.0. The molecule has 2 aromatic carbocycles. The summed E-state index contributed by atoms with van der Waals surface area (Å²) < 4.78 is 10.8. The van der Waals surface area contributed by atoms with Crippen LogP contribution < -0.4 is 9.47 Å². The summed E-state index contributed by atoms with van der Waals surface area (Å²) in [5.74, 6) is -0.754. The maximum Gasteiger partial charge on any atom is 0.343 e. The van der Waals surface area contributed by atoms with Gasteiger partial charge in [0.25, 0.3) is 0 Å². The predicted molar refractivity (Wildman–Crippen MR) is 85.2 cm³/mol. The molecular formula is C18H18O5. The van der Waals surface area contributed by atoms with Crippen molar-refractivity contribution in [3.8, 4) is 11.5 Å². The minimum atomic E-state index is -1.07. The first kappa shape index (κ1) is 16.5. The number of carboxylic acids is 1. The third kappa shape index (κ3) is 4.57. The van der Waals surface area contributed by atoms with Crippen LogP contribution in [0.15, 0.2) is 48.5 Å². The summed E-state index contributed by atoms with van der Waals surface area (Å²) in [5.41, 5.74) is 0.426. The third-order valence-corrected chi connectivity index (χ3v) is 3.29. The van der Waals surface area contributed by atoms with Crippen molar-refractivity contribution in [1.82, 2.24) is 0 Å². The van der Waals surface area contributed by atoms with Gasteiger partial charge in [0.05, 0.1) is 17.2 Å². The molecular weight excluding hydrogens is 296 g/mol. The average molecular weight is 314 g/mol. The van der Waals surface area contributed by atoms with Gasteiger partial charge in [0.1, 0.15) is 11.5 Å². The number of carbonyl (C=O) groups is 2.